The van der Waals surface area contributed by atoms with Crippen LogP contribution in [0.25, 0.3) is 0 Å². The lowest BCUT2D eigenvalue weighted by molar-refractivity contribution is 0.634. The van der Waals surface area contributed by atoms with Gasteiger partial charge in [0.1, 0.15) is 0 Å². The number of hydrogen-bond acceptors (Lipinski definition) is 2. The second kappa shape index (κ2) is 5.71. The monoisotopic (exact) mass is 282 g/mol. The number of nitrogens with one attached hydrogen (secondary N) is 1. The van der Waals surface area contributed by atoms with E-state index in [1.54, 1.807) is 0 Å². The molecule has 102 valence electrons. The van der Waals surface area contributed by atoms with Gasteiger partial charge in [-0.05, 0) is 49.4 Å². The van der Waals surface area contributed by atoms with Gasteiger partial charge in [-0.15, -0.1) is 0 Å². The first-order valence-corrected chi connectivity index (χ1v) is 7.46. The molecule has 1 atom stereocenters. The molecule has 0 spiro atoms. The summed E-state index contributed by atoms with van der Waals surface area (Å²) < 4.78 is 0. The van der Waals surface area contributed by atoms with Crippen molar-refractivity contribution in [3.63, 3.8) is 0 Å². The first-order valence-electron chi connectivity index (χ1n) is 7.05. The second-order valence-corrected chi connectivity index (χ2v) is 5.80. The van der Waals surface area contributed by atoms with Crippen molar-refractivity contribution in [1.82, 2.24) is 4.98 Å². The van der Waals surface area contributed by atoms with E-state index in [2.05, 4.69) is 23.3 Å². The highest BCUT2D eigenvalue weighted by Crippen LogP contribution is 2.32. The summed E-state index contributed by atoms with van der Waals surface area (Å²) in [4.78, 5) is 5.52. The molecule has 1 aromatic carbocycles. The molecule has 1 unspecified atom stereocenters. The zero-order chi connectivity index (χ0) is 13.9. The van der Waals surface area contributed by atoms with Crippen LogP contribution in [0.5, 0.6) is 0 Å². The number of rotatable bonds is 2. The summed E-state index contributed by atoms with van der Waals surface area (Å²) >= 11 is 5.61. The molecule has 0 fully saturated rings. The Balaban J connectivity index is 1.83. The van der Waals surface area contributed by atoms with Crippen molar-refractivity contribution in [1.29, 1.82) is 0 Å². The summed E-state index contributed by atoms with van der Waals surface area (Å²) in [6, 6.07) is 12.4. The third-order valence-electron chi connectivity index (χ3n) is 3.76. The predicted molar refractivity (Wildman–Crippen MR) is 87.3 cm³/mol. The number of hydrogen-bond donors (Lipinski definition) is 1. The minimum absolute atomic E-state index is 0.245. The molecule has 1 aromatic heterocycles. The fraction of sp³-hybridized carbons (Fsp3) is 0.294. The average molecular weight is 282 g/mol. The average Bonchev–Trinajstić information content (AvgIpc) is 2.47. The van der Waals surface area contributed by atoms with Crippen molar-refractivity contribution in [2.75, 3.05) is 5.32 Å². The summed E-state index contributed by atoms with van der Waals surface area (Å²) in [5.74, 6) is 0.245. The molecule has 0 bridgehead atoms. The van der Waals surface area contributed by atoms with Crippen LogP contribution in [-0.2, 0) is 6.42 Å². The highest BCUT2D eigenvalue weighted by molar-refractivity contribution is 7.80. The maximum atomic E-state index is 5.61. The Morgan fingerprint density at radius 3 is 2.90 bits per heavy atom. The Morgan fingerprint density at radius 2 is 2.10 bits per heavy atom. The summed E-state index contributed by atoms with van der Waals surface area (Å²) in [5, 5.41) is 3.36. The summed E-state index contributed by atoms with van der Waals surface area (Å²) in [6.45, 7) is 2.09. The molecule has 1 aliphatic carbocycles. The zero-order valence-electron chi connectivity index (χ0n) is 11.6. The molecule has 20 heavy (non-hydrogen) atoms. The van der Waals surface area contributed by atoms with E-state index in [1.165, 1.54) is 17.5 Å². The van der Waals surface area contributed by atoms with Gasteiger partial charge in [0.25, 0.3) is 0 Å². The van der Waals surface area contributed by atoms with Crippen molar-refractivity contribution in [2.45, 2.75) is 32.1 Å². The molecule has 1 aliphatic rings. The van der Waals surface area contributed by atoms with Gasteiger partial charge in [0, 0.05) is 11.9 Å². The van der Waals surface area contributed by atoms with Gasteiger partial charge in [0.05, 0.1) is 16.6 Å². The third-order valence-corrected chi connectivity index (χ3v) is 4.15. The fourth-order valence-electron chi connectivity index (χ4n) is 2.79. The normalized spacial score (nSPS) is 17.4. The molecule has 0 radical (unpaired) electrons. The van der Waals surface area contributed by atoms with Crippen LogP contribution >= 0.6 is 12.2 Å². The smallest absolute Gasteiger partial charge is 0.0889 e. The number of thiocarbonyl (C=S) groups is 1. The van der Waals surface area contributed by atoms with Crippen LogP contribution in [-0.4, -0.2) is 9.97 Å². The topological polar surface area (TPSA) is 24.9 Å². The summed E-state index contributed by atoms with van der Waals surface area (Å²) in [6.07, 6.45) is 5.33. The molecule has 2 nitrogen and oxygen atoms in total. The highest BCUT2D eigenvalue weighted by atomic mass is 32.1. The van der Waals surface area contributed by atoms with E-state index in [4.69, 9.17) is 12.2 Å². The Hall–Kier alpha value is -1.74. The largest absolute Gasteiger partial charge is 0.349 e. The molecule has 0 aliphatic heterocycles. The molecular formula is C17H18N2S. The number of pyridine rings is 1. The number of fused-ring (bicyclic) bond motifs is 1. The summed E-state index contributed by atoms with van der Waals surface area (Å²) in [7, 11) is 0. The number of nitrogens with zero attached hydrogens (tertiary/aromatic N) is 1. The van der Waals surface area contributed by atoms with Crippen molar-refractivity contribution in [3.8, 4) is 0 Å². The number of para-hydroxylation sites is 1. The van der Waals surface area contributed by atoms with Gasteiger partial charge in [0.2, 0.25) is 0 Å². The van der Waals surface area contributed by atoms with Crippen LogP contribution in [0.1, 0.15) is 35.6 Å². The lowest BCUT2D eigenvalue weighted by Gasteiger charge is -2.26. The van der Waals surface area contributed by atoms with E-state index in [1.807, 2.05) is 36.5 Å². The standard InChI is InChI=1S/C17H18N2S/c1-12-10-13-6-5-9-15(16(13)18-11-12)17(20)19-14-7-3-2-4-8-14/h2-4,7-8,10-11,15H,5-6,9H2,1H3,(H,19,20). The first-order chi connectivity index (χ1) is 9.74. The predicted octanol–water partition coefficient (Wildman–Crippen LogP) is 4.25. The minimum atomic E-state index is 0.245. The Bertz CT molecular complexity index is 622. The Morgan fingerprint density at radius 1 is 1.30 bits per heavy atom. The van der Waals surface area contributed by atoms with E-state index in [-0.39, 0.29) is 5.92 Å². The van der Waals surface area contributed by atoms with E-state index in [0.717, 1.165) is 29.2 Å². The maximum absolute atomic E-state index is 5.61. The molecule has 2 aromatic rings. The number of benzene rings is 1. The molecule has 1 N–H and O–H groups in total. The van der Waals surface area contributed by atoms with Crippen LogP contribution in [0, 0.1) is 6.92 Å². The van der Waals surface area contributed by atoms with Gasteiger partial charge in [0.15, 0.2) is 0 Å². The van der Waals surface area contributed by atoms with Crippen molar-refractivity contribution >= 4 is 22.9 Å². The van der Waals surface area contributed by atoms with E-state index in [0.29, 0.717) is 0 Å². The summed E-state index contributed by atoms with van der Waals surface area (Å²) in [5.41, 5.74) is 4.80. The van der Waals surface area contributed by atoms with Crippen LogP contribution in [0.3, 0.4) is 0 Å². The quantitative estimate of drug-likeness (QED) is 0.834. The molecule has 1 heterocycles. The minimum Gasteiger partial charge on any atom is -0.349 e. The van der Waals surface area contributed by atoms with Crippen LogP contribution in [0.4, 0.5) is 5.69 Å². The highest BCUT2D eigenvalue weighted by Gasteiger charge is 2.25. The van der Waals surface area contributed by atoms with Crippen LogP contribution in [0.2, 0.25) is 0 Å². The van der Waals surface area contributed by atoms with Crippen LogP contribution in [0.15, 0.2) is 42.6 Å². The van der Waals surface area contributed by atoms with Gasteiger partial charge in [-0.1, -0.05) is 36.5 Å². The van der Waals surface area contributed by atoms with Gasteiger partial charge in [-0.2, -0.15) is 0 Å². The number of aromatic nitrogens is 1. The molecule has 0 saturated heterocycles. The van der Waals surface area contributed by atoms with Gasteiger partial charge < -0.3 is 5.32 Å². The van der Waals surface area contributed by atoms with E-state index < -0.39 is 0 Å². The second-order valence-electron chi connectivity index (χ2n) is 5.36. The van der Waals surface area contributed by atoms with E-state index >= 15 is 0 Å². The zero-order valence-corrected chi connectivity index (χ0v) is 12.4. The Kier molecular flexibility index (Phi) is 3.79. The first kappa shape index (κ1) is 13.3. The Labute approximate surface area is 125 Å². The maximum Gasteiger partial charge on any atom is 0.0889 e. The van der Waals surface area contributed by atoms with E-state index in [9.17, 15) is 0 Å². The van der Waals surface area contributed by atoms with Crippen LogP contribution < -0.4 is 5.32 Å². The molecular weight excluding hydrogens is 264 g/mol. The SMILES string of the molecule is Cc1cnc2c(c1)CCCC2C(=S)Nc1ccccc1. The molecule has 3 rings (SSSR count). The molecule has 3 heteroatoms. The van der Waals surface area contributed by atoms with Crippen molar-refractivity contribution in [2.24, 2.45) is 0 Å². The third kappa shape index (κ3) is 2.73. The van der Waals surface area contributed by atoms with Gasteiger partial charge in [-0.3, -0.25) is 4.98 Å². The fourth-order valence-corrected chi connectivity index (χ4v) is 3.14. The van der Waals surface area contributed by atoms with Crippen molar-refractivity contribution in [3.05, 3.63) is 59.4 Å². The lowest BCUT2D eigenvalue weighted by atomic mass is 9.86. The number of anilines is 1. The lowest BCUT2D eigenvalue weighted by Crippen LogP contribution is -2.24. The molecule has 0 saturated carbocycles. The van der Waals surface area contributed by atoms with Crippen molar-refractivity contribution < 1.29 is 0 Å². The molecule has 0 amide bonds. The van der Waals surface area contributed by atoms with Gasteiger partial charge >= 0.3 is 0 Å². The number of aryl methyl sites for hydroxylation is 2. The van der Waals surface area contributed by atoms with Gasteiger partial charge in [-0.25, -0.2) is 0 Å².